The number of pyridine rings is 1. The van der Waals surface area contributed by atoms with Gasteiger partial charge in [-0.2, -0.15) is 13.2 Å². The lowest BCUT2D eigenvalue weighted by atomic mass is 9.96. The van der Waals surface area contributed by atoms with Crippen LogP contribution in [0.3, 0.4) is 0 Å². The minimum absolute atomic E-state index is 0.142. The summed E-state index contributed by atoms with van der Waals surface area (Å²) in [5.74, 6) is 0. The third-order valence-electron chi connectivity index (χ3n) is 6.02. The molecule has 0 saturated carbocycles. The van der Waals surface area contributed by atoms with Gasteiger partial charge in [0.15, 0.2) is 0 Å². The lowest BCUT2D eigenvalue weighted by Crippen LogP contribution is -2.29. The van der Waals surface area contributed by atoms with Crippen LogP contribution in [0.2, 0.25) is 0 Å². The highest BCUT2D eigenvalue weighted by Crippen LogP contribution is 2.25. The summed E-state index contributed by atoms with van der Waals surface area (Å²) >= 11 is 0. The Morgan fingerprint density at radius 3 is 2.56 bits per heavy atom. The summed E-state index contributed by atoms with van der Waals surface area (Å²) in [4.78, 5) is 10.3. The first-order valence-electron chi connectivity index (χ1n) is 11.8. The van der Waals surface area contributed by atoms with Crippen molar-refractivity contribution in [1.29, 1.82) is 5.41 Å². The molecule has 0 bridgehead atoms. The van der Waals surface area contributed by atoms with Crippen molar-refractivity contribution < 1.29 is 13.2 Å². The third kappa shape index (κ3) is 7.24. The zero-order valence-corrected chi connectivity index (χ0v) is 20.8. The Bertz CT molecular complexity index is 1190. The number of aromatic nitrogens is 1. The number of halogens is 3. The van der Waals surface area contributed by atoms with Crippen LogP contribution in [0.4, 0.5) is 13.2 Å². The molecule has 2 aromatic rings. The first-order valence-corrected chi connectivity index (χ1v) is 11.8. The highest BCUT2D eigenvalue weighted by atomic mass is 19.4. The van der Waals surface area contributed by atoms with E-state index in [-0.39, 0.29) is 11.4 Å². The maximum atomic E-state index is 12.8. The summed E-state index contributed by atoms with van der Waals surface area (Å²) in [6, 6.07) is 7.99. The second-order valence-electron chi connectivity index (χ2n) is 8.96. The SMILES string of the molecule is C=CC(=N/C=C(\C)NC(=C)C(=N)c1cc(-c2cncc(CN3CCCCC3)c2)ccc1C)C(F)(F)F. The van der Waals surface area contributed by atoms with Crippen molar-refractivity contribution in [3.8, 4) is 11.1 Å². The summed E-state index contributed by atoms with van der Waals surface area (Å²) in [6.45, 7) is 13.6. The molecule has 1 aromatic carbocycles. The highest BCUT2D eigenvalue weighted by Gasteiger charge is 2.33. The van der Waals surface area contributed by atoms with Crippen LogP contribution in [0, 0.1) is 12.3 Å². The molecular formula is C28H32F3N5. The summed E-state index contributed by atoms with van der Waals surface area (Å²) < 4.78 is 38.5. The van der Waals surface area contributed by atoms with Gasteiger partial charge in [-0.3, -0.25) is 15.3 Å². The number of nitrogens with one attached hydrogen (secondary N) is 2. The number of aryl methyl sites for hydroxylation is 1. The van der Waals surface area contributed by atoms with Crippen molar-refractivity contribution >= 4 is 11.4 Å². The van der Waals surface area contributed by atoms with Crippen molar-refractivity contribution in [2.75, 3.05) is 13.1 Å². The maximum Gasteiger partial charge on any atom is 0.433 e. The molecule has 1 aliphatic rings. The summed E-state index contributed by atoms with van der Waals surface area (Å²) in [7, 11) is 0. The largest absolute Gasteiger partial charge is 0.433 e. The predicted molar refractivity (Wildman–Crippen MR) is 140 cm³/mol. The van der Waals surface area contributed by atoms with Crippen molar-refractivity contribution in [2.24, 2.45) is 4.99 Å². The number of alkyl halides is 3. The third-order valence-corrected chi connectivity index (χ3v) is 6.02. The van der Waals surface area contributed by atoms with E-state index in [1.165, 1.54) is 19.3 Å². The van der Waals surface area contributed by atoms with Gasteiger partial charge in [-0.05, 0) is 74.7 Å². The van der Waals surface area contributed by atoms with Crippen LogP contribution in [-0.2, 0) is 6.54 Å². The molecule has 0 radical (unpaired) electrons. The first kappa shape index (κ1) is 27.1. The average Bonchev–Trinajstić information content (AvgIpc) is 2.84. The molecule has 2 heterocycles. The summed E-state index contributed by atoms with van der Waals surface area (Å²) in [6.07, 6.45) is 4.58. The van der Waals surface area contributed by atoms with Crippen molar-refractivity contribution in [3.05, 3.63) is 90.2 Å². The van der Waals surface area contributed by atoms with Gasteiger partial charge in [0.05, 0.1) is 11.4 Å². The Balaban J connectivity index is 1.76. The van der Waals surface area contributed by atoms with Gasteiger partial charge in [-0.15, -0.1) is 0 Å². The van der Waals surface area contributed by atoms with Crippen molar-refractivity contribution in [1.82, 2.24) is 15.2 Å². The van der Waals surface area contributed by atoms with Gasteiger partial charge >= 0.3 is 6.18 Å². The molecular weight excluding hydrogens is 463 g/mol. The van der Waals surface area contributed by atoms with Crippen LogP contribution >= 0.6 is 0 Å². The molecule has 1 aromatic heterocycles. The van der Waals surface area contributed by atoms with Gasteiger partial charge in [0.25, 0.3) is 0 Å². The van der Waals surface area contributed by atoms with Gasteiger partial charge in [-0.25, -0.2) is 4.99 Å². The topological polar surface area (TPSA) is 64.4 Å². The van der Waals surface area contributed by atoms with Crippen LogP contribution < -0.4 is 5.32 Å². The van der Waals surface area contributed by atoms with Gasteiger partial charge in [0, 0.05) is 42.0 Å². The number of likely N-dealkylation sites (tertiary alicyclic amines) is 1. The second-order valence-corrected chi connectivity index (χ2v) is 8.96. The zero-order valence-electron chi connectivity index (χ0n) is 20.8. The minimum atomic E-state index is -4.58. The van der Waals surface area contributed by atoms with Gasteiger partial charge < -0.3 is 5.32 Å². The van der Waals surface area contributed by atoms with E-state index in [1.54, 1.807) is 6.92 Å². The molecule has 190 valence electrons. The van der Waals surface area contributed by atoms with E-state index in [2.05, 4.69) is 39.4 Å². The molecule has 5 nitrogen and oxygen atoms in total. The van der Waals surface area contributed by atoms with E-state index in [0.29, 0.717) is 17.3 Å². The number of benzene rings is 1. The Hall–Kier alpha value is -3.52. The van der Waals surface area contributed by atoms with E-state index < -0.39 is 11.9 Å². The molecule has 2 N–H and O–H groups in total. The van der Waals surface area contributed by atoms with Gasteiger partial charge in [-0.1, -0.05) is 31.7 Å². The Morgan fingerprint density at radius 2 is 1.89 bits per heavy atom. The Kier molecular flexibility index (Phi) is 8.98. The fourth-order valence-electron chi connectivity index (χ4n) is 4.08. The minimum Gasteiger partial charge on any atom is -0.357 e. The molecule has 0 unspecified atom stereocenters. The average molecular weight is 496 g/mol. The van der Waals surface area contributed by atoms with Crippen LogP contribution in [0.1, 0.15) is 42.9 Å². The molecule has 0 spiro atoms. The van der Waals surface area contributed by atoms with Crippen LogP contribution in [0.25, 0.3) is 11.1 Å². The van der Waals surface area contributed by atoms with Crippen LogP contribution in [0.5, 0.6) is 0 Å². The van der Waals surface area contributed by atoms with Gasteiger partial charge in [0.2, 0.25) is 0 Å². The number of allylic oxidation sites excluding steroid dienone is 3. The maximum absolute atomic E-state index is 12.8. The fraction of sp³-hybridized carbons (Fsp3) is 0.321. The summed E-state index contributed by atoms with van der Waals surface area (Å²) in [5.41, 5.74) is 4.22. The molecule has 8 heteroatoms. The quantitative estimate of drug-likeness (QED) is 0.387. The summed E-state index contributed by atoms with van der Waals surface area (Å²) in [5, 5.41) is 11.5. The lowest BCUT2D eigenvalue weighted by Gasteiger charge is -2.26. The van der Waals surface area contributed by atoms with E-state index in [1.807, 2.05) is 37.5 Å². The molecule has 36 heavy (non-hydrogen) atoms. The van der Waals surface area contributed by atoms with Crippen LogP contribution in [-0.4, -0.2) is 40.6 Å². The normalized spacial score (nSPS) is 15.5. The molecule has 0 atom stereocenters. The van der Waals surface area contributed by atoms with Crippen molar-refractivity contribution in [2.45, 2.75) is 45.8 Å². The Morgan fingerprint density at radius 1 is 1.17 bits per heavy atom. The van der Waals surface area contributed by atoms with E-state index in [0.717, 1.165) is 48.1 Å². The number of rotatable bonds is 9. The standard InChI is InChI=1S/C28H32F3N5/c1-5-26(28(29,30)31)34-15-20(3)35-21(4)27(32)25-14-23(10-9-19(25)2)24-13-22(16-33-17-24)18-36-11-7-6-8-12-36/h5,9-10,13-17,32,35H,1,4,6-8,11-12,18H2,2-3H3/b20-15+,32-27?,34-26?. The van der Waals surface area contributed by atoms with Crippen molar-refractivity contribution in [3.63, 3.8) is 0 Å². The van der Waals surface area contributed by atoms with E-state index >= 15 is 0 Å². The smallest absolute Gasteiger partial charge is 0.357 e. The number of hydrogen-bond donors (Lipinski definition) is 2. The zero-order chi connectivity index (χ0) is 26.3. The van der Waals surface area contributed by atoms with Crippen LogP contribution in [0.15, 0.2) is 78.5 Å². The molecule has 3 rings (SSSR count). The second kappa shape index (κ2) is 11.9. The van der Waals surface area contributed by atoms with Gasteiger partial charge in [0.1, 0.15) is 5.71 Å². The highest BCUT2D eigenvalue weighted by molar-refractivity contribution is 6.11. The molecule has 1 saturated heterocycles. The molecule has 0 aliphatic carbocycles. The molecule has 1 aliphatic heterocycles. The first-order chi connectivity index (χ1) is 17.1. The molecule has 0 amide bonds. The lowest BCUT2D eigenvalue weighted by molar-refractivity contribution is -0.0576. The molecule has 1 fully saturated rings. The Labute approximate surface area is 210 Å². The number of aliphatic imine (C=N–C) groups is 1. The number of piperidine rings is 1. The van der Waals surface area contributed by atoms with E-state index in [9.17, 15) is 13.2 Å². The van der Waals surface area contributed by atoms with E-state index in [4.69, 9.17) is 5.41 Å². The monoisotopic (exact) mass is 495 g/mol. The fourth-order valence-corrected chi connectivity index (χ4v) is 4.08. The predicted octanol–water partition coefficient (Wildman–Crippen LogP) is 6.56. The number of nitrogens with zero attached hydrogens (tertiary/aromatic N) is 3. The number of hydrogen-bond acceptors (Lipinski definition) is 5.